The third-order valence-corrected chi connectivity index (χ3v) is 7.93. The molecule has 0 bridgehead atoms. The molecule has 2 aliphatic rings. The number of aliphatic hydroxyl groups is 5. The van der Waals surface area contributed by atoms with E-state index >= 15 is 0 Å². The number of aromatic hydroxyl groups is 1. The molecule has 0 radical (unpaired) electrons. The van der Waals surface area contributed by atoms with Crippen LogP contribution in [0.5, 0.6) is 23.0 Å². The van der Waals surface area contributed by atoms with Crippen molar-refractivity contribution < 1.29 is 73.0 Å². The Morgan fingerprint density at radius 1 is 0.894 bits per heavy atom. The van der Waals surface area contributed by atoms with Crippen molar-refractivity contribution in [2.45, 2.75) is 75.3 Å². The standard InChI is InChI=1S/C31H36O16/c1-12-26(43-13(2)33)21(35)23(37)30(42-12)47-29-20(11-32)46-31(24(38)22(29)36)45-19-9-16-17(34)10-18(14-5-7-15(40-3)8-6-14)44-27(16)25(39)28(19)41-4/h5-10,12,20-24,26,29-32,35-39H,11H2,1-4H3/t12-,20+,21-,22+,23+,24+,26-,29+,30-,31+/m0/s1. The minimum Gasteiger partial charge on any atom is -0.502 e. The minimum absolute atomic E-state index is 0.107. The molecule has 0 amide bonds. The molecule has 2 fully saturated rings. The minimum atomic E-state index is -1.86. The number of hydrogen-bond donors (Lipinski definition) is 6. The number of esters is 1. The molecule has 0 spiro atoms. The van der Waals surface area contributed by atoms with E-state index in [0.717, 1.165) is 6.92 Å². The van der Waals surface area contributed by atoms with Crippen LogP contribution in [0.25, 0.3) is 22.3 Å². The van der Waals surface area contributed by atoms with Gasteiger partial charge >= 0.3 is 5.97 Å². The summed E-state index contributed by atoms with van der Waals surface area (Å²) < 4.78 is 44.0. The van der Waals surface area contributed by atoms with Gasteiger partial charge in [-0.1, -0.05) is 0 Å². The highest BCUT2D eigenvalue weighted by atomic mass is 16.7. The maximum atomic E-state index is 13.1. The van der Waals surface area contributed by atoms with E-state index in [4.69, 9.17) is 37.6 Å². The fraction of sp³-hybridized carbons (Fsp3) is 0.484. The van der Waals surface area contributed by atoms with Gasteiger partial charge in [0.1, 0.15) is 48.1 Å². The molecule has 2 aromatic carbocycles. The predicted molar refractivity (Wildman–Crippen MR) is 158 cm³/mol. The number of ether oxygens (including phenoxy) is 7. The number of fused-ring (bicyclic) bond motifs is 1. The van der Waals surface area contributed by atoms with E-state index in [1.807, 2.05) is 0 Å². The number of aliphatic hydroxyl groups excluding tert-OH is 5. The molecule has 3 aromatic rings. The van der Waals surface area contributed by atoms with Crippen LogP contribution in [0.1, 0.15) is 13.8 Å². The lowest BCUT2D eigenvalue weighted by atomic mass is 9.97. The third kappa shape index (κ3) is 6.72. The zero-order valence-corrected chi connectivity index (χ0v) is 25.7. The molecular formula is C31H36O16. The molecule has 2 saturated heterocycles. The number of hydrogen-bond acceptors (Lipinski definition) is 16. The van der Waals surface area contributed by atoms with Crippen molar-refractivity contribution in [2.24, 2.45) is 0 Å². The van der Waals surface area contributed by atoms with Gasteiger partial charge in [-0.15, -0.1) is 0 Å². The van der Waals surface area contributed by atoms with Gasteiger partial charge in [-0.05, 0) is 37.3 Å². The smallest absolute Gasteiger partial charge is 0.303 e. The molecule has 2 aliphatic heterocycles. The van der Waals surface area contributed by atoms with Crippen LogP contribution < -0.4 is 19.6 Å². The van der Waals surface area contributed by atoms with Gasteiger partial charge < -0.3 is 68.2 Å². The molecule has 6 N–H and O–H groups in total. The van der Waals surface area contributed by atoms with E-state index in [1.165, 1.54) is 33.3 Å². The lowest BCUT2D eigenvalue weighted by Crippen LogP contribution is -2.64. The Labute approximate surface area is 267 Å². The largest absolute Gasteiger partial charge is 0.502 e. The van der Waals surface area contributed by atoms with Crippen LogP contribution in [0.4, 0.5) is 0 Å². The molecular weight excluding hydrogens is 628 g/mol. The monoisotopic (exact) mass is 664 g/mol. The summed E-state index contributed by atoms with van der Waals surface area (Å²) in [4.78, 5) is 24.5. The lowest BCUT2D eigenvalue weighted by Gasteiger charge is -2.46. The number of phenols is 1. The number of carbonyl (C=O) groups is 1. The predicted octanol–water partition coefficient (Wildman–Crippen LogP) is -0.216. The van der Waals surface area contributed by atoms with E-state index in [-0.39, 0.29) is 28.2 Å². The number of rotatable bonds is 9. The Bertz CT molecular complexity index is 1620. The second kappa shape index (κ2) is 14.0. The summed E-state index contributed by atoms with van der Waals surface area (Å²) in [5, 5.41) is 64.1. The average Bonchev–Trinajstić information content (AvgIpc) is 3.05. The first kappa shape index (κ1) is 34.3. The maximum absolute atomic E-state index is 13.1. The van der Waals surface area contributed by atoms with Crippen LogP contribution >= 0.6 is 0 Å². The highest BCUT2D eigenvalue weighted by Gasteiger charge is 2.51. The molecule has 1 aromatic heterocycles. The molecule has 5 rings (SSSR count). The van der Waals surface area contributed by atoms with Crippen LogP contribution in [-0.4, -0.2) is 119 Å². The van der Waals surface area contributed by atoms with Gasteiger partial charge in [0.25, 0.3) is 0 Å². The number of benzene rings is 2. The molecule has 16 nitrogen and oxygen atoms in total. The van der Waals surface area contributed by atoms with Crippen LogP contribution in [0, 0.1) is 0 Å². The van der Waals surface area contributed by atoms with Gasteiger partial charge in [0, 0.05) is 18.6 Å². The van der Waals surface area contributed by atoms with Crippen molar-refractivity contribution in [3.8, 4) is 34.3 Å². The van der Waals surface area contributed by atoms with Gasteiger partial charge in [0.2, 0.25) is 17.8 Å². The zero-order chi connectivity index (χ0) is 34.2. The van der Waals surface area contributed by atoms with Gasteiger partial charge in [0.15, 0.2) is 29.2 Å². The van der Waals surface area contributed by atoms with E-state index in [2.05, 4.69) is 0 Å². The Morgan fingerprint density at radius 3 is 2.17 bits per heavy atom. The first-order valence-corrected chi connectivity index (χ1v) is 14.5. The summed E-state index contributed by atoms with van der Waals surface area (Å²) in [5.74, 6) is -1.13. The van der Waals surface area contributed by atoms with E-state index in [1.54, 1.807) is 24.3 Å². The van der Waals surface area contributed by atoms with E-state index < -0.39 is 85.2 Å². The third-order valence-electron chi connectivity index (χ3n) is 7.93. The summed E-state index contributed by atoms with van der Waals surface area (Å²) in [5.41, 5.74) is -0.231. The zero-order valence-electron chi connectivity index (χ0n) is 25.7. The van der Waals surface area contributed by atoms with E-state index in [9.17, 15) is 40.2 Å². The van der Waals surface area contributed by atoms with Crippen molar-refractivity contribution >= 4 is 16.9 Å². The quantitative estimate of drug-likeness (QED) is 0.162. The normalized spacial score (nSPS) is 30.9. The Hall–Kier alpha value is -4.00. The topological polar surface area (TPSA) is 233 Å². The molecule has 0 unspecified atom stereocenters. The van der Waals surface area contributed by atoms with Crippen molar-refractivity contribution in [1.29, 1.82) is 0 Å². The fourth-order valence-electron chi connectivity index (χ4n) is 5.48. The molecule has 47 heavy (non-hydrogen) atoms. The van der Waals surface area contributed by atoms with Gasteiger partial charge in [-0.25, -0.2) is 0 Å². The molecule has 0 aliphatic carbocycles. The molecule has 16 heteroatoms. The summed E-state index contributed by atoms with van der Waals surface area (Å²) in [6.07, 6.45) is -15.4. The average molecular weight is 665 g/mol. The molecule has 0 saturated carbocycles. The number of methoxy groups -OCH3 is 2. The summed E-state index contributed by atoms with van der Waals surface area (Å²) in [7, 11) is 2.72. The molecule has 10 atom stereocenters. The molecule has 256 valence electrons. The van der Waals surface area contributed by atoms with Crippen molar-refractivity contribution in [1.82, 2.24) is 0 Å². The SMILES string of the molecule is COc1ccc(-c2cc(=O)c3cc(O[C@@H]4O[C@H](CO)[C@@H](O[C@@H]5O[C@@H](C)[C@H](OC(C)=O)[C@@H](O)[C@H]5O)[C@H](O)[C@H]4O)c(OC)c(O)c3o2)cc1. The van der Waals surface area contributed by atoms with Crippen LogP contribution in [0.2, 0.25) is 0 Å². The lowest BCUT2D eigenvalue weighted by molar-refractivity contribution is -0.349. The first-order valence-electron chi connectivity index (χ1n) is 14.5. The van der Waals surface area contributed by atoms with E-state index in [0.29, 0.717) is 11.3 Å². The van der Waals surface area contributed by atoms with Crippen LogP contribution in [0.15, 0.2) is 45.6 Å². The van der Waals surface area contributed by atoms with Crippen molar-refractivity contribution in [3.05, 3.63) is 46.6 Å². The summed E-state index contributed by atoms with van der Waals surface area (Å²) in [6, 6.07) is 9.09. The first-order chi connectivity index (χ1) is 22.4. The Balaban J connectivity index is 1.38. The van der Waals surface area contributed by atoms with Crippen molar-refractivity contribution in [2.75, 3.05) is 20.8 Å². The van der Waals surface area contributed by atoms with Gasteiger partial charge in [-0.2, -0.15) is 0 Å². The fourth-order valence-corrected chi connectivity index (χ4v) is 5.48. The summed E-state index contributed by atoms with van der Waals surface area (Å²) in [6.45, 7) is 1.81. The van der Waals surface area contributed by atoms with Crippen molar-refractivity contribution in [3.63, 3.8) is 0 Å². The van der Waals surface area contributed by atoms with Crippen LogP contribution in [-0.2, 0) is 23.7 Å². The highest BCUT2D eigenvalue weighted by molar-refractivity contribution is 5.89. The Kier molecular flexibility index (Phi) is 10.2. The second-order valence-corrected chi connectivity index (χ2v) is 11.0. The summed E-state index contributed by atoms with van der Waals surface area (Å²) >= 11 is 0. The van der Waals surface area contributed by atoms with Gasteiger partial charge in [-0.3, -0.25) is 9.59 Å². The Morgan fingerprint density at radius 2 is 1.55 bits per heavy atom. The van der Waals surface area contributed by atoms with Crippen LogP contribution in [0.3, 0.4) is 0 Å². The maximum Gasteiger partial charge on any atom is 0.303 e. The molecule has 3 heterocycles. The number of carbonyl (C=O) groups excluding carboxylic acids is 1. The second-order valence-electron chi connectivity index (χ2n) is 11.0. The highest BCUT2D eigenvalue weighted by Crippen LogP contribution is 2.44. The number of phenolic OH excluding ortho intramolecular Hbond substituents is 1. The van der Waals surface area contributed by atoms with Gasteiger partial charge in [0.05, 0.1) is 32.3 Å².